The third-order valence-electron chi connectivity index (χ3n) is 8.14. The molecule has 1 aromatic carbocycles. The molecule has 4 atom stereocenters. The maximum atomic E-state index is 14.3. The van der Waals surface area contributed by atoms with Crippen LogP contribution in [0, 0.1) is 19.8 Å². The fourth-order valence-corrected chi connectivity index (χ4v) is 9.19. The van der Waals surface area contributed by atoms with Gasteiger partial charge in [-0.05, 0) is 76.6 Å². The van der Waals surface area contributed by atoms with E-state index in [9.17, 15) is 26.7 Å². The molecule has 3 heterocycles. The van der Waals surface area contributed by atoms with E-state index in [0.29, 0.717) is 19.4 Å². The number of sulfonamides is 2. The van der Waals surface area contributed by atoms with Crippen molar-refractivity contribution < 1.29 is 40.7 Å². The lowest BCUT2D eigenvalue weighted by atomic mass is 10.0. The zero-order chi connectivity index (χ0) is 34.5. The van der Waals surface area contributed by atoms with Crippen LogP contribution in [0.25, 0.3) is 0 Å². The summed E-state index contributed by atoms with van der Waals surface area (Å²) in [4.78, 5) is 15.7. The monoisotopic (exact) mass is 712 g/mol. The Labute approximate surface area is 280 Å². The number of carbonyl (C=O) groups excluding carboxylic acids is 1. The molecule has 47 heavy (non-hydrogen) atoms. The number of fused-ring (bicyclic) bond motifs is 1. The lowest BCUT2D eigenvalue weighted by Crippen LogP contribution is -2.48. The number of hydrogen-bond acceptors (Lipinski definition) is 11. The molecule has 2 aromatic heterocycles. The molecule has 0 fully saturated rings. The Morgan fingerprint density at radius 1 is 1.17 bits per heavy atom. The zero-order valence-electron chi connectivity index (χ0n) is 27.5. The number of amides is 1. The minimum atomic E-state index is -4.11. The van der Waals surface area contributed by atoms with Crippen molar-refractivity contribution in [3.8, 4) is 5.75 Å². The standard InChI is InChI=1S/C31H44N4O9S3/c1-20-17-35(21(2)19-36)31(37)26-16-25(33-46(38,39)30-23(4)32-44-24(30)5)12-13-27(26)43-22(3)10-7-8-14-42-28(20)18-34(6)47(40,41)29-11-9-15-45-29/h9,11-13,15-16,20-22,28,33,36H,7-8,10,14,17-19H2,1-6H3/t20-,21+,22-,28-/m1/s1. The van der Waals surface area contributed by atoms with Crippen LogP contribution in [-0.4, -0.2) is 93.8 Å². The van der Waals surface area contributed by atoms with Gasteiger partial charge in [0, 0.05) is 38.3 Å². The molecule has 1 aliphatic rings. The molecule has 0 bridgehead atoms. The van der Waals surface area contributed by atoms with Crippen LogP contribution in [0.2, 0.25) is 0 Å². The Morgan fingerprint density at radius 2 is 1.91 bits per heavy atom. The van der Waals surface area contributed by atoms with E-state index in [1.165, 1.54) is 42.2 Å². The zero-order valence-corrected chi connectivity index (χ0v) is 30.0. The molecule has 0 saturated carbocycles. The van der Waals surface area contributed by atoms with Gasteiger partial charge in [0.2, 0.25) is 0 Å². The van der Waals surface area contributed by atoms with E-state index in [1.807, 2.05) is 13.8 Å². The van der Waals surface area contributed by atoms with E-state index in [-0.39, 0.29) is 69.3 Å². The fourth-order valence-electron chi connectivity index (χ4n) is 5.43. The minimum Gasteiger partial charge on any atom is -0.490 e. The quantitative estimate of drug-likeness (QED) is 0.327. The molecule has 1 aliphatic heterocycles. The maximum absolute atomic E-state index is 14.3. The molecule has 260 valence electrons. The summed E-state index contributed by atoms with van der Waals surface area (Å²) in [5, 5.41) is 15.6. The molecular weight excluding hydrogens is 669 g/mol. The molecule has 0 radical (unpaired) electrons. The third kappa shape index (κ3) is 8.72. The van der Waals surface area contributed by atoms with E-state index in [4.69, 9.17) is 14.0 Å². The number of hydrogen-bond donors (Lipinski definition) is 2. The number of carbonyl (C=O) groups is 1. The van der Waals surface area contributed by atoms with Crippen molar-refractivity contribution >= 4 is 43.0 Å². The van der Waals surface area contributed by atoms with Gasteiger partial charge in [-0.25, -0.2) is 16.8 Å². The molecule has 0 saturated heterocycles. The van der Waals surface area contributed by atoms with Gasteiger partial charge in [-0.1, -0.05) is 18.1 Å². The van der Waals surface area contributed by atoms with Gasteiger partial charge in [-0.2, -0.15) is 4.31 Å². The number of likely N-dealkylation sites (N-methyl/N-ethyl adjacent to an activating group) is 1. The fraction of sp³-hybridized carbons (Fsp3) is 0.548. The Morgan fingerprint density at radius 3 is 2.55 bits per heavy atom. The third-order valence-corrected chi connectivity index (χ3v) is 13.0. The average molecular weight is 713 g/mol. The van der Waals surface area contributed by atoms with E-state index in [2.05, 4.69) is 9.88 Å². The highest BCUT2D eigenvalue weighted by Gasteiger charge is 2.33. The van der Waals surface area contributed by atoms with Crippen molar-refractivity contribution in [2.75, 3.05) is 38.1 Å². The second-order valence-electron chi connectivity index (χ2n) is 12.0. The summed E-state index contributed by atoms with van der Waals surface area (Å²) < 4.78 is 74.6. The van der Waals surface area contributed by atoms with Gasteiger partial charge in [-0.15, -0.1) is 11.3 Å². The second kappa shape index (κ2) is 15.5. The topological polar surface area (TPSA) is 169 Å². The summed E-state index contributed by atoms with van der Waals surface area (Å²) in [6, 6.07) is 7.10. The first-order chi connectivity index (χ1) is 22.1. The summed E-state index contributed by atoms with van der Waals surface area (Å²) in [5.41, 5.74) is 0.431. The van der Waals surface area contributed by atoms with Crippen LogP contribution in [-0.2, 0) is 24.8 Å². The second-order valence-corrected chi connectivity index (χ2v) is 16.8. The first kappa shape index (κ1) is 36.8. The molecule has 0 spiro atoms. The Hall–Kier alpha value is -3.02. The van der Waals surface area contributed by atoms with Crippen LogP contribution in [0.3, 0.4) is 0 Å². The number of aliphatic hydroxyl groups is 1. The normalized spacial score (nSPS) is 21.1. The summed E-state index contributed by atoms with van der Waals surface area (Å²) in [7, 11) is -6.34. The first-order valence-electron chi connectivity index (χ1n) is 15.4. The Bertz CT molecular complexity index is 1710. The van der Waals surface area contributed by atoms with Crippen LogP contribution >= 0.6 is 11.3 Å². The smallest absolute Gasteiger partial charge is 0.267 e. The SMILES string of the molecule is Cc1noc(C)c1S(=O)(=O)Nc1ccc2c(c1)C(=O)N([C@@H](C)CO)C[C@@H](C)[C@@H](CN(C)S(=O)(=O)c1cccs1)OCCCC[C@@H](C)O2. The molecular formula is C31H44N4O9S3. The van der Waals surface area contributed by atoms with E-state index >= 15 is 0 Å². The van der Waals surface area contributed by atoms with Gasteiger partial charge in [0.1, 0.15) is 15.7 Å². The van der Waals surface area contributed by atoms with Crippen molar-refractivity contribution in [3.05, 3.63) is 52.7 Å². The Kier molecular flexibility index (Phi) is 12.1. The van der Waals surface area contributed by atoms with E-state index in [1.54, 1.807) is 30.5 Å². The molecule has 4 rings (SSSR count). The number of rotatable bonds is 9. The number of aromatic nitrogens is 1. The van der Waals surface area contributed by atoms with Crippen molar-refractivity contribution in [3.63, 3.8) is 0 Å². The van der Waals surface area contributed by atoms with Gasteiger partial charge in [0.25, 0.3) is 26.0 Å². The lowest BCUT2D eigenvalue weighted by molar-refractivity contribution is -0.00832. The van der Waals surface area contributed by atoms with Crippen LogP contribution in [0.1, 0.15) is 61.8 Å². The predicted octanol–water partition coefficient (Wildman–Crippen LogP) is 4.27. The van der Waals surface area contributed by atoms with Crippen LogP contribution < -0.4 is 9.46 Å². The molecule has 2 N–H and O–H groups in total. The molecule has 3 aromatic rings. The van der Waals surface area contributed by atoms with Gasteiger partial charge >= 0.3 is 0 Å². The highest BCUT2D eigenvalue weighted by molar-refractivity contribution is 7.92. The molecule has 0 aliphatic carbocycles. The van der Waals surface area contributed by atoms with Crippen LogP contribution in [0.4, 0.5) is 5.69 Å². The molecule has 13 nitrogen and oxygen atoms in total. The number of aryl methyl sites for hydroxylation is 2. The summed E-state index contributed by atoms with van der Waals surface area (Å²) in [6.45, 7) is 8.70. The number of nitrogens with one attached hydrogen (secondary N) is 1. The minimum absolute atomic E-state index is 0.0562. The van der Waals surface area contributed by atoms with Gasteiger partial charge < -0.3 is 24.0 Å². The Balaban J connectivity index is 1.69. The van der Waals surface area contributed by atoms with Gasteiger partial charge in [0.05, 0.1) is 30.4 Å². The summed E-state index contributed by atoms with van der Waals surface area (Å²) in [5.74, 6) is -0.447. The molecule has 16 heteroatoms. The first-order valence-corrected chi connectivity index (χ1v) is 19.3. The van der Waals surface area contributed by atoms with Crippen molar-refractivity contribution in [2.45, 2.75) is 81.2 Å². The number of nitrogens with zero attached hydrogens (tertiary/aromatic N) is 3. The maximum Gasteiger partial charge on any atom is 0.267 e. The van der Waals surface area contributed by atoms with Gasteiger partial charge in [-0.3, -0.25) is 9.52 Å². The highest BCUT2D eigenvalue weighted by atomic mass is 32.2. The number of benzene rings is 1. The molecule has 1 amide bonds. The van der Waals surface area contributed by atoms with Crippen molar-refractivity contribution in [1.82, 2.24) is 14.4 Å². The van der Waals surface area contributed by atoms with Crippen LogP contribution in [0.15, 0.2) is 49.3 Å². The number of anilines is 1. The largest absolute Gasteiger partial charge is 0.490 e. The number of thiophene rings is 1. The highest BCUT2D eigenvalue weighted by Crippen LogP contribution is 2.31. The van der Waals surface area contributed by atoms with Crippen molar-refractivity contribution in [1.29, 1.82) is 0 Å². The van der Waals surface area contributed by atoms with E-state index in [0.717, 1.165) is 17.8 Å². The van der Waals surface area contributed by atoms with Crippen LogP contribution in [0.5, 0.6) is 5.75 Å². The van der Waals surface area contributed by atoms with Crippen molar-refractivity contribution in [2.24, 2.45) is 5.92 Å². The summed E-state index contributed by atoms with van der Waals surface area (Å²) >= 11 is 1.14. The van der Waals surface area contributed by atoms with E-state index < -0.39 is 38.1 Å². The number of ether oxygens (including phenoxy) is 2. The predicted molar refractivity (Wildman–Crippen MR) is 178 cm³/mol. The average Bonchev–Trinajstić information content (AvgIpc) is 3.69. The lowest BCUT2D eigenvalue weighted by Gasteiger charge is -2.35. The molecule has 0 unspecified atom stereocenters. The van der Waals surface area contributed by atoms with Gasteiger partial charge in [0.15, 0.2) is 10.7 Å². The number of aliphatic hydroxyl groups excluding tert-OH is 1. The summed E-state index contributed by atoms with van der Waals surface area (Å²) in [6.07, 6.45) is 1.28.